The standard InChI is InChI=1S/C9H8N2O3/c10-6-1-2-7-5(3-6)4-8(12)11(7)9(13)14/h1-3H,4,10H2,(H,13,14). The van der Waals surface area contributed by atoms with Crippen LogP contribution in [-0.4, -0.2) is 17.1 Å². The Hall–Kier alpha value is -2.04. The Morgan fingerprint density at radius 1 is 1.50 bits per heavy atom. The van der Waals surface area contributed by atoms with Crippen LogP contribution in [0, 0.1) is 0 Å². The number of carbonyl (C=O) groups is 2. The molecule has 14 heavy (non-hydrogen) atoms. The number of nitrogens with two attached hydrogens (primary N) is 1. The topological polar surface area (TPSA) is 83.6 Å². The summed E-state index contributed by atoms with van der Waals surface area (Å²) < 4.78 is 0. The van der Waals surface area contributed by atoms with Crippen molar-refractivity contribution >= 4 is 23.4 Å². The summed E-state index contributed by atoms with van der Waals surface area (Å²) >= 11 is 0. The van der Waals surface area contributed by atoms with Gasteiger partial charge in [-0.15, -0.1) is 0 Å². The lowest BCUT2D eigenvalue weighted by Crippen LogP contribution is -2.31. The SMILES string of the molecule is Nc1ccc2c(c1)CC(=O)N2C(=O)O. The number of anilines is 2. The Labute approximate surface area is 79.7 Å². The van der Waals surface area contributed by atoms with E-state index in [-0.39, 0.29) is 6.42 Å². The predicted molar refractivity (Wildman–Crippen MR) is 50.1 cm³/mol. The molecule has 5 heteroatoms. The molecule has 0 saturated heterocycles. The van der Waals surface area contributed by atoms with Crippen LogP contribution in [0.1, 0.15) is 5.56 Å². The first kappa shape index (κ1) is 8.55. The van der Waals surface area contributed by atoms with Gasteiger partial charge in [-0.25, -0.2) is 9.69 Å². The van der Waals surface area contributed by atoms with Gasteiger partial charge in [0.25, 0.3) is 0 Å². The smallest absolute Gasteiger partial charge is 0.418 e. The first-order valence-corrected chi connectivity index (χ1v) is 4.04. The minimum atomic E-state index is -1.25. The van der Waals surface area contributed by atoms with Gasteiger partial charge in [0, 0.05) is 5.69 Å². The molecule has 0 spiro atoms. The molecule has 0 fully saturated rings. The third kappa shape index (κ3) is 1.10. The van der Waals surface area contributed by atoms with Crippen molar-refractivity contribution in [3.8, 4) is 0 Å². The maximum absolute atomic E-state index is 11.3. The molecule has 0 unspecified atom stereocenters. The number of imide groups is 1. The molecule has 1 heterocycles. The average molecular weight is 192 g/mol. The Kier molecular flexibility index (Phi) is 1.67. The number of hydrogen-bond donors (Lipinski definition) is 2. The molecule has 1 aliphatic rings. The summed E-state index contributed by atoms with van der Waals surface area (Å²) in [5.74, 6) is -0.432. The first-order valence-electron chi connectivity index (χ1n) is 4.04. The lowest BCUT2D eigenvalue weighted by molar-refractivity contribution is -0.116. The van der Waals surface area contributed by atoms with E-state index >= 15 is 0 Å². The van der Waals surface area contributed by atoms with E-state index in [9.17, 15) is 9.59 Å². The summed E-state index contributed by atoms with van der Waals surface area (Å²) in [6.07, 6.45) is -1.15. The van der Waals surface area contributed by atoms with E-state index in [1.165, 1.54) is 0 Å². The molecule has 0 atom stereocenters. The zero-order chi connectivity index (χ0) is 10.3. The van der Waals surface area contributed by atoms with Crippen LogP contribution in [0.3, 0.4) is 0 Å². The van der Waals surface area contributed by atoms with Crippen LogP contribution in [0.2, 0.25) is 0 Å². The molecule has 2 rings (SSSR count). The van der Waals surface area contributed by atoms with E-state index in [0.717, 1.165) is 4.90 Å². The van der Waals surface area contributed by atoms with Crippen molar-refractivity contribution in [1.82, 2.24) is 0 Å². The highest BCUT2D eigenvalue weighted by atomic mass is 16.4. The van der Waals surface area contributed by atoms with Gasteiger partial charge < -0.3 is 10.8 Å². The molecular weight excluding hydrogens is 184 g/mol. The highest BCUT2D eigenvalue weighted by Gasteiger charge is 2.31. The van der Waals surface area contributed by atoms with Crippen molar-refractivity contribution in [2.45, 2.75) is 6.42 Å². The predicted octanol–water partition coefficient (Wildman–Crippen LogP) is 0.836. The number of hydrogen-bond acceptors (Lipinski definition) is 3. The van der Waals surface area contributed by atoms with E-state index in [0.29, 0.717) is 16.9 Å². The van der Waals surface area contributed by atoms with Crippen LogP contribution >= 0.6 is 0 Å². The second-order valence-corrected chi connectivity index (χ2v) is 3.08. The lowest BCUT2D eigenvalue weighted by Gasteiger charge is -2.10. The number of benzene rings is 1. The Bertz CT molecular complexity index is 428. The van der Waals surface area contributed by atoms with Crippen molar-refractivity contribution in [3.63, 3.8) is 0 Å². The fraction of sp³-hybridized carbons (Fsp3) is 0.111. The van der Waals surface area contributed by atoms with Crippen molar-refractivity contribution in [3.05, 3.63) is 23.8 Å². The van der Waals surface area contributed by atoms with Crippen LogP contribution in [0.5, 0.6) is 0 Å². The van der Waals surface area contributed by atoms with Crippen molar-refractivity contribution < 1.29 is 14.7 Å². The maximum Gasteiger partial charge on any atom is 0.418 e. The number of nitrogen functional groups attached to an aromatic ring is 1. The second-order valence-electron chi connectivity index (χ2n) is 3.08. The van der Waals surface area contributed by atoms with Gasteiger partial charge in [0.05, 0.1) is 12.1 Å². The molecule has 1 aliphatic heterocycles. The van der Waals surface area contributed by atoms with Gasteiger partial charge >= 0.3 is 6.09 Å². The summed E-state index contributed by atoms with van der Waals surface area (Å²) in [6.45, 7) is 0. The number of nitrogens with zero attached hydrogens (tertiary/aromatic N) is 1. The largest absolute Gasteiger partial charge is 0.464 e. The lowest BCUT2D eigenvalue weighted by atomic mass is 10.1. The molecule has 0 aliphatic carbocycles. The van der Waals surface area contributed by atoms with Crippen molar-refractivity contribution in [1.29, 1.82) is 0 Å². The molecular formula is C9H8N2O3. The van der Waals surface area contributed by atoms with Crippen molar-refractivity contribution in [2.24, 2.45) is 0 Å². The Balaban J connectivity index is 2.53. The van der Waals surface area contributed by atoms with Gasteiger partial charge in [-0.05, 0) is 23.8 Å². The Morgan fingerprint density at radius 2 is 2.21 bits per heavy atom. The zero-order valence-electron chi connectivity index (χ0n) is 7.23. The molecule has 5 nitrogen and oxygen atoms in total. The minimum Gasteiger partial charge on any atom is -0.464 e. The van der Waals surface area contributed by atoms with E-state index in [1.807, 2.05) is 0 Å². The third-order valence-corrected chi connectivity index (χ3v) is 2.13. The van der Waals surface area contributed by atoms with Crippen LogP contribution in [0.4, 0.5) is 16.2 Å². The van der Waals surface area contributed by atoms with Gasteiger partial charge in [0.15, 0.2) is 0 Å². The fourth-order valence-electron chi connectivity index (χ4n) is 1.55. The van der Waals surface area contributed by atoms with Crippen LogP contribution in [0.25, 0.3) is 0 Å². The third-order valence-electron chi connectivity index (χ3n) is 2.13. The van der Waals surface area contributed by atoms with Gasteiger partial charge in [-0.3, -0.25) is 4.79 Å². The molecule has 0 aromatic heterocycles. The highest BCUT2D eigenvalue weighted by Crippen LogP contribution is 2.30. The number of carboxylic acid groups (broad SMARTS) is 1. The van der Waals surface area contributed by atoms with Gasteiger partial charge in [0.2, 0.25) is 5.91 Å². The van der Waals surface area contributed by atoms with E-state index in [2.05, 4.69) is 0 Å². The van der Waals surface area contributed by atoms with Crippen molar-refractivity contribution in [2.75, 3.05) is 10.6 Å². The number of amides is 2. The first-order chi connectivity index (χ1) is 6.59. The maximum atomic E-state index is 11.3. The van der Waals surface area contributed by atoms with Gasteiger partial charge in [-0.2, -0.15) is 0 Å². The molecule has 0 radical (unpaired) electrons. The molecule has 1 aromatic rings. The monoisotopic (exact) mass is 192 g/mol. The molecule has 72 valence electrons. The summed E-state index contributed by atoms with van der Waals surface area (Å²) in [5.41, 5.74) is 7.13. The van der Waals surface area contributed by atoms with E-state index < -0.39 is 12.0 Å². The van der Waals surface area contributed by atoms with E-state index in [1.54, 1.807) is 18.2 Å². The van der Waals surface area contributed by atoms with Crippen LogP contribution in [-0.2, 0) is 11.2 Å². The molecule has 0 saturated carbocycles. The van der Waals surface area contributed by atoms with Gasteiger partial charge in [0.1, 0.15) is 0 Å². The minimum absolute atomic E-state index is 0.104. The molecule has 1 aromatic carbocycles. The zero-order valence-corrected chi connectivity index (χ0v) is 7.23. The van der Waals surface area contributed by atoms with Gasteiger partial charge in [-0.1, -0.05) is 0 Å². The van der Waals surface area contributed by atoms with Crippen LogP contribution in [0.15, 0.2) is 18.2 Å². The molecule has 3 N–H and O–H groups in total. The highest BCUT2D eigenvalue weighted by molar-refractivity contribution is 6.16. The quantitative estimate of drug-likeness (QED) is 0.596. The summed E-state index contributed by atoms with van der Waals surface area (Å²) in [6, 6.07) is 4.74. The Morgan fingerprint density at radius 3 is 2.86 bits per heavy atom. The second kappa shape index (κ2) is 2.73. The number of rotatable bonds is 0. The summed E-state index contributed by atoms with van der Waals surface area (Å²) in [7, 11) is 0. The summed E-state index contributed by atoms with van der Waals surface area (Å²) in [4.78, 5) is 22.8. The molecule has 0 bridgehead atoms. The average Bonchev–Trinajstić information content (AvgIpc) is 2.39. The summed E-state index contributed by atoms with van der Waals surface area (Å²) in [5, 5.41) is 8.77. The fourth-order valence-corrected chi connectivity index (χ4v) is 1.55. The number of fused-ring (bicyclic) bond motifs is 1. The van der Waals surface area contributed by atoms with Crippen LogP contribution < -0.4 is 10.6 Å². The number of carbonyl (C=O) groups excluding carboxylic acids is 1. The normalized spacial score (nSPS) is 14.3. The van der Waals surface area contributed by atoms with E-state index in [4.69, 9.17) is 10.8 Å². The molecule has 2 amide bonds.